The zero-order valence-corrected chi connectivity index (χ0v) is 11.5. The van der Waals surface area contributed by atoms with Crippen molar-refractivity contribution in [2.45, 2.75) is 12.5 Å². The highest BCUT2D eigenvalue weighted by atomic mass is 79.9. The Morgan fingerprint density at radius 3 is 2.95 bits per heavy atom. The van der Waals surface area contributed by atoms with Crippen molar-refractivity contribution in [1.82, 2.24) is 5.32 Å². The van der Waals surface area contributed by atoms with Crippen LogP contribution in [0.3, 0.4) is 0 Å². The number of halogens is 1. The van der Waals surface area contributed by atoms with E-state index < -0.39 is 11.0 Å². The normalized spacial score (nSPS) is 18.4. The van der Waals surface area contributed by atoms with Gasteiger partial charge in [0.05, 0.1) is 11.0 Å². The van der Waals surface area contributed by atoms with Crippen LogP contribution in [0.5, 0.6) is 0 Å². The molecule has 0 aromatic heterocycles. The van der Waals surface area contributed by atoms with Gasteiger partial charge in [-0.1, -0.05) is 15.9 Å². The molecule has 2 rings (SSSR count). The maximum atomic E-state index is 11.0. The Hall–Kier alpha value is -1.83. The second-order valence-electron chi connectivity index (χ2n) is 4.27. The van der Waals surface area contributed by atoms with Gasteiger partial charge in [-0.15, -0.1) is 0 Å². The van der Waals surface area contributed by atoms with E-state index in [-0.39, 0.29) is 11.7 Å². The zero-order chi connectivity index (χ0) is 14.0. The lowest BCUT2D eigenvalue weighted by atomic mass is 10.2. The third-order valence-electron chi connectivity index (χ3n) is 2.99. The lowest BCUT2D eigenvalue weighted by molar-refractivity contribution is -0.384. The Bertz CT molecular complexity index is 523. The van der Waals surface area contributed by atoms with E-state index in [0.717, 1.165) is 4.47 Å². The number of carboxylic acid groups (broad SMARTS) is 1. The van der Waals surface area contributed by atoms with E-state index in [9.17, 15) is 14.9 Å². The van der Waals surface area contributed by atoms with E-state index in [4.69, 9.17) is 5.11 Å². The van der Waals surface area contributed by atoms with Gasteiger partial charge in [-0.25, -0.2) is 4.79 Å². The average Bonchev–Trinajstić information content (AvgIpc) is 2.75. The SMILES string of the molecule is O=C(O)N[C@H]1CCN(c2cc(Br)ccc2[N+](=O)[O-])C1. The second-order valence-corrected chi connectivity index (χ2v) is 5.19. The highest BCUT2D eigenvalue weighted by Gasteiger charge is 2.28. The summed E-state index contributed by atoms with van der Waals surface area (Å²) in [5.74, 6) is 0. The van der Waals surface area contributed by atoms with Crippen LogP contribution in [0, 0.1) is 10.1 Å². The summed E-state index contributed by atoms with van der Waals surface area (Å²) in [6.45, 7) is 1.02. The summed E-state index contributed by atoms with van der Waals surface area (Å²) in [5, 5.41) is 22.1. The summed E-state index contributed by atoms with van der Waals surface area (Å²) in [6, 6.07) is 4.54. The third-order valence-corrected chi connectivity index (χ3v) is 3.48. The number of nitrogens with one attached hydrogen (secondary N) is 1. The maximum Gasteiger partial charge on any atom is 0.404 e. The summed E-state index contributed by atoms with van der Waals surface area (Å²) in [6.07, 6.45) is -0.439. The number of anilines is 1. The molecule has 1 aromatic carbocycles. The molecule has 0 aliphatic carbocycles. The van der Waals surface area contributed by atoms with E-state index in [1.807, 2.05) is 4.90 Å². The van der Waals surface area contributed by atoms with Crippen molar-refractivity contribution < 1.29 is 14.8 Å². The monoisotopic (exact) mass is 329 g/mol. The Morgan fingerprint density at radius 2 is 2.32 bits per heavy atom. The van der Waals surface area contributed by atoms with Crippen molar-refractivity contribution in [3.8, 4) is 0 Å². The van der Waals surface area contributed by atoms with Gasteiger partial charge in [0.25, 0.3) is 5.69 Å². The second kappa shape index (κ2) is 5.43. The topological polar surface area (TPSA) is 95.7 Å². The van der Waals surface area contributed by atoms with Gasteiger partial charge in [0.1, 0.15) is 5.69 Å². The van der Waals surface area contributed by atoms with Crippen molar-refractivity contribution in [2.24, 2.45) is 0 Å². The van der Waals surface area contributed by atoms with Crippen LogP contribution < -0.4 is 10.2 Å². The molecule has 8 heteroatoms. The van der Waals surface area contributed by atoms with Gasteiger partial charge in [-0.3, -0.25) is 10.1 Å². The first-order chi connectivity index (χ1) is 8.97. The fourth-order valence-corrected chi connectivity index (χ4v) is 2.52. The molecule has 7 nitrogen and oxygen atoms in total. The Kier molecular flexibility index (Phi) is 3.89. The fourth-order valence-electron chi connectivity index (χ4n) is 2.18. The van der Waals surface area contributed by atoms with Gasteiger partial charge in [0, 0.05) is 23.6 Å². The number of nitrogens with zero attached hydrogens (tertiary/aromatic N) is 2. The summed E-state index contributed by atoms with van der Waals surface area (Å²) >= 11 is 3.29. The standard InChI is InChI=1S/C11H12BrN3O4/c12-7-1-2-9(15(18)19)10(5-7)14-4-3-8(6-14)13-11(16)17/h1-2,5,8,13H,3-4,6H2,(H,16,17)/t8-/m0/s1. The molecule has 102 valence electrons. The van der Waals surface area contributed by atoms with Crippen LogP contribution in [-0.4, -0.2) is 35.3 Å². The number of hydrogen-bond donors (Lipinski definition) is 2. The summed E-state index contributed by atoms with van der Waals surface area (Å²) in [4.78, 5) is 23.0. The maximum absolute atomic E-state index is 11.0. The number of carbonyl (C=O) groups is 1. The Labute approximate surface area is 117 Å². The van der Waals surface area contributed by atoms with Crippen LogP contribution >= 0.6 is 15.9 Å². The van der Waals surface area contributed by atoms with Crippen LogP contribution in [0.2, 0.25) is 0 Å². The van der Waals surface area contributed by atoms with Crippen molar-refractivity contribution >= 4 is 33.4 Å². The molecular weight excluding hydrogens is 318 g/mol. The summed E-state index contributed by atoms with van der Waals surface area (Å²) < 4.78 is 0.753. The minimum absolute atomic E-state index is 0.0270. The number of rotatable bonds is 3. The molecule has 0 radical (unpaired) electrons. The molecule has 1 aromatic rings. The first-order valence-corrected chi connectivity index (χ1v) is 6.45. The van der Waals surface area contributed by atoms with Gasteiger partial charge in [0.15, 0.2) is 0 Å². The van der Waals surface area contributed by atoms with Crippen LogP contribution in [0.4, 0.5) is 16.2 Å². The molecular formula is C11H12BrN3O4. The van der Waals surface area contributed by atoms with Crippen molar-refractivity contribution in [3.63, 3.8) is 0 Å². The molecule has 1 fully saturated rings. The van der Waals surface area contributed by atoms with Gasteiger partial charge in [0.2, 0.25) is 0 Å². The van der Waals surface area contributed by atoms with E-state index in [0.29, 0.717) is 25.2 Å². The number of nitro groups is 1. The molecule has 1 heterocycles. The lowest BCUT2D eigenvalue weighted by Gasteiger charge is -2.18. The largest absolute Gasteiger partial charge is 0.465 e. The quantitative estimate of drug-likeness (QED) is 0.654. The highest BCUT2D eigenvalue weighted by Crippen LogP contribution is 2.33. The number of amides is 1. The van der Waals surface area contributed by atoms with E-state index in [1.165, 1.54) is 6.07 Å². The smallest absolute Gasteiger partial charge is 0.404 e. The van der Waals surface area contributed by atoms with Crippen LogP contribution in [0.25, 0.3) is 0 Å². The number of nitro benzene ring substituents is 1. The van der Waals surface area contributed by atoms with Gasteiger partial charge >= 0.3 is 6.09 Å². The molecule has 0 bridgehead atoms. The summed E-state index contributed by atoms with van der Waals surface area (Å²) in [7, 11) is 0. The Morgan fingerprint density at radius 1 is 1.58 bits per heavy atom. The van der Waals surface area contributed by atoms with Crippen LogP contribution in [0.1, 0.15) is 6.42 Å². The lowest BCUT2D eigenvalue weighted by Crippen LogP contribution is -2.36. The third kappa shape index (κ3) is 3.14. The van der Waals surface area contributed by atoms with Gasteiger partial charge in [-0.05, 0) is 18.6 Å². The zero-order valence-electron chi connectivity index (χ0n) is 9.88. The molecule has 1 amide bonds. The van der Waals surface area contributed by atoms with Crippen molar-refractivity contribution in [3.05, 3.63) is 32.8 Å². The molecule has 1 aliphatic heterocycles. The first kappa shape index (κ1) is 13.6. The number of hydrogen-bond acceptors (Lipinski definition) is 4. The molecule has 1 aliphatic rings. The van der Waals surface area contributed by atoms with E-state index >= 15 is 0 Å². The fraction of sp³-hybridized carbons (Fsp3) is 0.364. The van der Waals surface area contributed by atoms with Crippen LogP contribution in [-0.2, 0) is 0 Å². The molecule has 0 saturated carbocycles. The summed E-state index contributed by atoms with van der Waals surface area (Å²) in [5.41, 5.74) is 0.535. The van der Waals surface area contributed by atoms with Gasteiger partial charge < -0.3 is 15.3 Å². The van der Waals surface area contributed by atoms with E-state index in [1.54, 1.807) is 12.1 Å². The molecule has 19 heavy (non-hydrogen) atoms. The van der Waals surface area contributed by atoms with Gasteiger partial charge in [-0.2, -0.15) is 0 Å². The first-order valence-electron chi connectivity index (χ1n) is 5.65. The molecule has 1 saturated heterocycles. The molecule has 0 spiro atoms. The van der Waals surface area contributed by atoms with Crippen molar-refractivity contribution in [1.29, 1.82) is 0 Å². The highest BCUT2D eigenvalue weighted by molar-refractivity contribution is 9.10. The minimum Gasteiger partial charge on any atom is -0.465 e. The Balaban J connectivity index is 2.21. The predicted octanol–water partition coefficient (Wildman–Crippen LogP) is 2.20. The predicted molar refractivity (Wildman–Crippen MR) is 72.6 cm³/mol. The molecule has 0 unspecified atom stereocenters. The van der Waals surface area contributed by atoms with Crippen LogP contribution in [0.15, 0.2) is 22.7 Å². The minimum atomic E-state index is -1.07. The number of benzene rings is 1. The van der Waals surface area contributed by atoms with Crippen molar-refractivity contribution in [2.75, 3.05) is 18.0 Å². The molecule has 2 N–H and O–H groups in total. The average molecular weight is 330 g/mol. The van der Waals surface area contributed by atoms with E-state index in [2.05, 4.69) is 21.2 Å². The molecule has 1 atom stereocenters.